The molecule has 0 aromatic carbocycles. The fourth-order valence-electron chi connectivity index (χ4n) is 3.07. The summed E-state index contributed by atoms with van der Waals surface area (Å²) in [5.74, 6) is -1.90. The van der Waals surface area contributed by atoms with Gasteiger partial charge in [0, 0.05) is 32.3 Å². The molecule has 1 heterocycles. The van der Waals surface area contributed by atoms with Gasteiger partial charge in [-0.2, -0.15) is 0 Å². The highest BCUT2D eigenvalue weighted by atomic mass is 16.7. The van der Waals surface area contributed by atoms with Crippen molar-refractivity contribution < 1.29 is 38.2 Å². The van der Waals surface area contributed by atoms with Crippen molar-refractivity contribution in [3.8, 4) is 0 Å². The predicted molar refractivity (Wildman–Crippen MR) is 105 cm³/mol. The molecule has 0 spiro atoms. The van der Waals surface area contributed by atoms with Crippen LogP contribution in [0.15, 0.2) is 12.2 Å². The summed E-state index contributed by atoms with van der Waals surface area (Å²) < 4.78 is 16.2. The molecule has 1 unspecified atom stereocenters. The smallest absolute Gasteiger partial charge is 0.335 e. The van der Waals surface area contributed by atoms with E-state index in [2.05, 4.69) is 12.2 Å². The highest BCUT2D eigenvalue weighted by molar-refractivity contribution is 6.01. The van der Waals surface area contributed by atoms with Gasteiger partial charge in [0.1, 0.15) is 6.10 Å². The molecule has 1 saturated heterocycles. The normalized spacial score (nSPS) is 20.5. The van der Waals surface area contributed by atoms with E-state index in [1.165, 1.54) is 0 Å². The van der Waals surface area contributed by atoms with Gasteiger partial charge < -0.3 is 19.0 Å². The number of hydrogen-bond acceptors (Lipinski definition) is 8. The van der Waals surface area contributed by atoms with Crippen LogP contribution in [0.25, 0.3) is 0 Å². The molecule has 168 valence electrons. The third-order valence-corrected chi connectivity index (χ3v) is 4.70. The number of esters is 1. The predicted octanol–water partition coefficient (Wildman–Crippen LogP) is 2.23. The third-order valence-electron chi connectivity index (χ3n) is 4.70. The lowest BCUT2D eigenvalue weighted by atomic mass is 10.0. The standard InChI is InChI=1S/C21H31NO8/c23-18-10-11-19(24)22(18)30-21(26)12-14-28-16-15-27-13-6-9-20(25)29-17-7-4-2-1-3-5-8-17/h2,4,17H,1,3,5-16H2/b4-2+. The van der Waals surface area contributed by atoms with Crippen molar-refractivity contribution in [1.29, 1.82) is 0 Å². The van der Waals surface area contributed by atoms with Crippen molar-refractivity contribution in [3.05, 3.63) is 12.2 Å². The summed E-state index contributed by atoms with van der Waals surface area (Å²) in [4.78, 5) is 50.9. The Kier molecular flexibility index (Phi) is 11.1. The number of hydroxylamine groups is 2. The Morgan fingerprint density at radius 3 is 2.40 bits per heavy atom. The van der Waals surface area contributed by atoms with Crippen LogP contribution in [0, 0.1) is 0 Å². The molecule has 0 aromatic heterocycles. The minimum Gasteiger partial charge on any atom is -0.462 e. The summed E-state index contributed by atoms with van der Waals surface area (Å²) >= 11 is 0. The Labute approximate surface area is 176 Å². The van der Waals surface area contributed by atoms with Gasteiger partial charge in [0.2, 0.25) is 0 Å². The van der Waals surface area contributed by atoms with Crippen molar-refractivity contribution in [2.45, 2.75) is 70.3 Å². The highest BCUT2D eigenvalue weighted by Gasteiger charge is 2.32. The van der Waals surface area contributed by atoms with E-state index in [0.29, 0.717) is 31.1 Å². The molecule has 2 rings (SSSR count). The SMILES string of the molecule is O=C(CCCOCCOCCC(=O)ON1C(=O)CCC1=O)OC1C/C=C/CCCC1. The highest BCUT2D eigenvalue weighted by Crippen LogP contribution is 2.16. The molecule has 0 aromatic rings. The second-order valence-corrected chi connectivity index (χ2v) is 7.23. The largest absolute Gasteiger partial charge is 0.462 e. The van der Waals surface area contributed by atoms with Gasteiger partial charge in [0.15, 0.2) is 0 Å². The number of carbonyl (C=O) groups excluding carboxylic acids is 4. The Hall–Kier alpha value is -2.26. The molecule has 9 heteroatoms. The van der Waals surface area contributed by atoms with E-state index >= 15 is 0 Å². The van der Waals surface area contributed by atoms with Crippen LogP contribution in [-0.4, -0.2) is 61.3 Å². The zero-order chi connectivity index (χ0) is 21.6. The van der Waals surface area contributed by atoms with Gasteiger partial charge >= 0.3 is 11.9 Å². The molecule has 9 nitrogen and oxygen atoms in total. The van der Waals surface area contributed by atoms with Crippen LogP contribution in [0.5, 0.6) is 0 Å². The van der Waals surface area contributed by atoms with Crippen LogP contribution in [0.4, 0.5) is 0 Å². The molecule has 2 amide bonds. The van der Waals surface area contributed by atoms with Gasteiger partial charge in [0.05, 0.1) is 26.2 Å². The summed E-state index contributed by atoms with van der Waals surface area (Å²) in [6.07, 6.45) is 10.2. The van der Waals surface area contributed by atoms with E-state index in [1.54, 1.807) is 0 Å². The first-order chi connectivity index (χ1) is 14.6. The molecule has 1 fully saturated rings. The zero-order valence-electron chi connectivity index (χ0n) is 17.3. The van der Waals surface area contributed by atoms with E-state index in [4.69, 9.17) is 19.0 Å². The van der Waals surface area contributed by atoms with Crippen molar-refractivity contribution in [3.63, 3.8) is 0 Å². The number of nitrogens with zero attached hydrogens (tertiary/aromatic N) is 1. The maximum atomic E-state index is 11.9. The van der Waals surface area contributed by atoms with E-state index in [1.807, 2.05) is 0 Å². The lowest BCUT2D eigenvalue weighted by molar-refractivity contribution is -0.198. The molecular formula is C21H31NO8. The number of ether oxygens (including phenoxy) is 3. The molecule has 0 bridgehead atoms. The Bertz CT molecular complexity index is 602. The Balaban J connectivity index is 1.41. The minimum absolute atomic E-state index is 0.0169. The van der Waals surface area contributed by atoms with E-state index in [0.717, 1.165) is 32.1 Å². The lowest BCUT2D eigenvalue weighted by Gasteiger charge is -2.17. The number of imide groups is 1. The fraction of sp³-hybridized carbons (Fsp3) is 0.714. The summed E-state index contributed by atoms with van der Waals surface area (Å²) in [7, 11) is 0. The van der Waals surface area contributed by atoms with Crippen LogP contribution >= 0.6 is 0 Å². The average Bonchev–Trinajstić information content (AvgIpc) is 3.00. The van der Waals surface area contributed by atoms with Gasteiger partial charge in [-0.15, -0.1) is 5.06 Å². The summed E-state index contributed by atoms with van der Waals surface area (Å²) in [6, 6.07) is 0. The van der Waals surface area contributed by atoms with E-state index in [9.17, 15) is 19.2 Å². The van der Waals surface area contributed by atoms with Crippen molar-refractivity contribution >= 4 is 23.8 Å². The van der Waals surface area contributed by atoms with Gasteiger partial charge in [-0.1, -0.05) is 12.2 Å². The molecular weight excluding hydrogens is 394 g/mol. The average molecular weight is 425 g/mol. The van der Waals surface area contributed by atoms with Crippen LogP contribution in [-0.2, 0) is 38.2 Å². The van der Waals surface area contributed by atoms with Gasteiger partial charge in [0.25, 0.3) is 11.8 Å². The number of rotatable bonds is 12. The summed E-state index contributed by atoms with van der Waals surface area (Å²) in [5, 5.41) is 0.518. The first-order valence-electron chi connectivity index (χ1n) is 10.6. The first-order valence-corrected chi connectivity index (χ1v) is 10.6. The molecule has 30 heavy (non-hydrogen) atoms. The fourth-order valence-corrected chi connectivity index (χ4v) is 3.07. The number of carbonyl (C=O) groups is 4. The molecule has 1 aliphatic heterocycles. The maximum absolute atomic E-state index is 11.9. The zero-order valence-corrected chi connectivity index (χ0v) is 17.3. The van der Waals surface area contributed by atoms with Gasteiger partial charge in [-0.3, -0.25) is 14.4 Å². The molecule has 1 aliphatic carbocycles. The molecule has 1 atom stereocenters. The van der Waals surface area contributed by atoms with Crippen LogP contribution in [0.3, 0.4) is 0 Å². The minimum atomic E-state index is -0.696. The second-order valence-electron chi connectivity index (χ2n) is 7.23. The topological polar surface area (TPSA) is 108 Å². The van der Waals surface area contributed by atoms with Crippen LogP contribution in [0.2, 0.25) is 0 Å². The van der Waals surface area contributed by atoms with Crippen LogP contribution in [0.1, 0.15) is 64.2 Å². The second kappa shape index (κ2) is 13.9. The third kappa shape index (κ3) is 9.49. The van der Waals surface area contributed by atoms with E-state index < -0.39 is 17.8 Å². The molecule has 0 saturated carbocycles. The van der Waals surface area contributed by atoms with Crippen LogP contribution < -0.4 is 0 Å². The summed E-state index contributed by atoms with van der Waals surface area (Å²) in [6.45, 7) is 1.14. The first kappa shape index (κ1) is 24.0. The van der Waals surface area contributed by atoms with Crippen molar-refractivity contribution in [1.82, 2.24) is 5.06 Å². The Morgan fingerprint density at radius 1 is 0.900 bits per heavy atom. The lowest BCUT2D eigenvalue weighted by Crippen LogP contribution is -2.32. The number of amides is 2. The van der Waals surface area contributed by atoms with Gasteiger partial charge in [-0.05, 0) is 32.1 Å². The number of hydrogen-bond donors (Lipinski definition) is 0. The monoisotopic (exact) mass is 425 g/mol. The number of allylic oxidation sites excluding steroid dienone is 1. The molecule has 0 N–H and O–H groups in total. The van der Waals surface area contributed by atoms with E-state index in [-0.39, 0.29) is 44.5 Å². The molecule has 2 aliphatic rings. The van der Waals surface area contributed by atoms with Gasteiger partial charge in [-0.25, -0.2) is 4.79 Å². The maximum Gasteiger partial charge on any atom is 0.335 e. The van der Waals surface area contributed by atoms with Crippen molar-refractivity contribution in [2.24, 2.45) is 0 Å². The van der Waals surface area contributed by atoms with Crippen molar-refractivity contribution in [2.75, 3.05) is 26.4 Å². The Morgan fingerprint density at radius 2 is 1.63 bits per heavy atom. The summed E-state index contributed by atoms with van der Waals surface area (Å²) in [5.41, 5.74) is 0. The quantitative estimate of drug-likeness (QED) is 0.203. The molecule has 0 radical (unpaired) electrons.